The summed E-state index contributed by atoms with van der Waals surface area (Å²) in [5, 5.41) is 20.0. The molecular formula is C50H60O4. The van der Waals surface area contributed by atoms with E-state index in [-0.39, 0.29) is 11.5 Å². The Balaban J connectivity index is 0.000000163. The van der Waals surface area contributed by atoms with Crippen LogP contribution in [0.2, 0.25) is 0 Å². The lowest BCUT2D eigenvalue weighted by atomic mass is 9.55. The molecule has 6 aliphatic carbocycles. The van der Waals surface area contributed by atoms with Crippen LogP contribution in [0.5, 0.6) is 11.5 Å². The van der Waals surface area contributed by atoms with Gasteiger partial charge in [0, 0.05) is 0 Å². The predicted octanol–water partition coefficient (Wildman–Crippen LogP) is 11.3. The number of benzene rings is 4. The van der Waals surface area contributed by atoms with E-state index >= 15 is 0 Å². The third kappa shape index (κ3) is 6.60. The number of ether oxygens (including phenoxy) is 2. The van der Waals surface area contributed by atoms with E-state index in [0.29, 0.717) is 41.6 Å². The van der Waals surface area contributed by atoms with E-state index < -0.39 is 0 Å². The zero-order valence-corrected chi connectivity index (χ0v) is 32.5. The largest absolute Gasteiger partial charge is 0.508 e. The first-order valence-corrected chi connectivity index (χ1v) is 21.2. The molecule has 0 spiro atoms. The maximum atomic E-state index is 10.4. The molecule has 0 aliphatic heterocycles. The summed E-state index contributed by atoms with van der Waals surface area (Å²) in [4.78, 5) is 0. The molecule has 0 amide bonds. The minimum atomic E-state index is -0.0883. The molecule has 0 bridgehead atoms. The molecule has 4 heteroatoms. The van der Waals surface area contributed by atoms with Gasteiger partial charge in [-0.2, -0.15) is 0 Å². The van der Waals surface area contributed by atoms with Crippen LogP contribution in [0.1, 0.15) is 123 Å². The molecule has 4 aromatic rings. The van der Waals surface area contributed by atoms with Gasteiger partial charge in [-0.1, -0.05) is 86.6 Å². The highest BCUT2D eigenvalue weighted by Crippen LogP contribution is 2.63. The molecule has 4 saturated carbocycles. The van der Waals surface area contributed by atoms with Gasteiger partial charge in [0.15, 0.2) is 0 Å². The summed E-state index contributed by atoms with van der Waals surface area (Å²) in [7, 11) is 0. The van der Waals surface area contributed by atoms with Crippen LogP contribution in [0.3, 0.4) is 0 Å². The Bertz CT molecular complexity index is 1910. The number of rotatable bonds is 6. The summed E-state index contributed by atoms with van der Waals surface area (Å²) in [5.74, 6) is 5.79. The van der Waals surface area contributed by atoms with Crippen molar-refractivity contribution in [1.82, 2.24) is 0 Å². The summed E-state index contributed by atoms with van der Waals surface area (Å²) >= 11 is 0. The van der Waals surface area contributed by atoms with Gasteiger partial charge in [0.25, 0.3) is 0 Å². The molecule has 10 atom stereocenters. The number of aryl methyl sites for hydroxylation is 2. The van der Waals surface area contributed by atoms with E-state index in [0.717, 1.165) is 49.4 Å². The highest BCUT2D eigenvalue weighted by atomic mass is 16.5. The predicted molar refractivity (Wildman–Crippen MR) is 216 cm³/mol. The second-order valence-electron chi connectivity index (χ2n) is 18.4. The second kappa shape index (κ2) is 14.8. The first-order chi connectivity index (χ1) is 26.3. The van der Waals surface area contributed by atoms with Crippen LogP contribution in [0.25, 0.3) is 0 Å². The minimum Gasteiger partial charge on any atom is -0.508 e. The fourth-order valence-corrected chi connectivity index (χ4v) is 12.9. The molecule has 284 valence electrons. The Kier molecular flexibility index (Phi) is 9.89. The molecule has 0 saturated heterocycles. The van der Waals surface area contributed by atoms with Crippen molar-refractivity contribution in [3.8, 4) is 11.5 Å². The van der Waals surface area contributed by atoms with Crippen molar-refractivity contribution in [3.05, 3.63) is 130 Å². The number of hydrogen-bond donors (Lipinski definition) is 2. The summed E-state index contributed by atoms with van der Waals surface area (Å²) in [6, 6.07) is 34.0. The SMILES string of the molecule is C[C@]12CCC3c4ccc(O)cc4CCC3C1CC[C@@H]2O.C[C@]12CCC3c4ccc(OCc5ccccc5)cc4CCC3C1CC[C@@H]2OCc1ccccc1. The summed E-state index contributed by atoms with van der Waals surface area (Å²) < 4.78 is 12.7. The molecular weight excluding hydrogens is 665 g/mol. The van der Waals surface area contributed by atoms with Gasteiger partial charge in [-0.15, -0.1) is 0 Å². The highest BCUT2D eigenvalue weighted by Gasteiger charge is 2.56. The number of phenols is 1. The van der Waals surface area contributed by atoms with Crippen molar-refractivity contribution >= 4 is 0 Å². The Morgan fingerprint density at radius 2 is 1.17 bits per heavy atom. The van der Waals surface area contributed by atoms with Gasteiger partial charge in [-0.05, 0) is 181 Å². The van der Waals surface area contributed by atoms with Crippen molar-refractivity contribution in [1.29, 1.82) is 0 Å². The third-order valence-electron chi connectivity index (χ3n) is 15.8. The van der Waals surface area contributed by atoms with Crippen LogP contribution in [0, 0.1) is 34.5 Å². The van der Waals surface area contributed by atoms with Crippen LogP contribution >= 0.6 is 0 Å². The average Bonchev–Trinajstić information content (AvgIpc) is 3.71. The number of phenolic OH excluding ortho intramolecular Hbond substituents is 1. The van der Waals surface area contributed by atoms with E-state index in [4.69, 9.17) is 9.47 Å². The lowest BCUT2D eigenvalue weighted by molar-refractivity contribution is -0.0707. The molecule has 0 aromatic heterocycles. The average molecular weight is 725 g/mol. The zero-order chi connectivity index (χ0) is 36.9. The van der Waals surface area contributed by atoms with Crippen LogP contribution in [-0.2, 0) is 30.8 Å². The Morgan fingerprint density at radius 3 is 1.85 bits per heavy atom. The summed E-state index contributed by atoms with van der Waals surface area (Å²) in [6.45, 7) is 6.23. The Labute approximate surface area is 323 Å². The number of aromatic hydroxyl groups is 1. The zero-order valence-electron chi connectivity index (χ0n) is 32.5. The van der Waals surface area contributed by atoms with Gasteiger partial charge in [0.1, 0.15) is 18.1 Å². The second-order valence-corrected chi connectivity index (χ2v) is 18.4. The van der Waals surface area contributed by atoms with Crippen molar-refractivity contribution in [3.63, 3.8) is 0 Å². The molecule has 0 radical (unpaired) electrons. The molecule has 2 N–H and O–H groups in total. The van der Waals surface area contributed by atoms with Crippen molar-refractivity contribution < 1.29 is 19.7 Å². The van der Waals surface area contributed by atoms with Gasteiger partial charge in [-0.25, -0.2) is 0 Å². The quantitative estimate of drug-likeness (QED) is 0.208. The van der Waals surface area contributed by atoms with Gasteiger partial charge in [0.2, 0.25) is 0 Å². The minimum absolute atomic E-state index is 0.0883. The topological polar surface area (TPSA) is 58.9 Å². The first-order valence-electron chi connectivity index (χ1n) is 21.2. The Hall–Kier alpha value is -3.60. The third-order valence-corrected chi connectivity index (χ3v) is 15.8. The summed E-state index contributed by atoms with van der Waals surface area (Å²) in [5.41, 5.74) is 8.94. The smallest absolute Gasteiger partial charge is 0.120 e. The van der Waals surface area contributed by atoms with E-state index in [1.54, 1.807) is 5.56 Å². The number of hydrogen-bond acceptors (Lipinski definition) is 4. The molecule has 10 rings (SSSR count). The molecule has 6 unspecified atom stereocenters. The van der Waals surface area contributed by atoms with Gasteiger partial charge in [0.05, 0.1) is 18.8 Å². The fourth-order valence-electron chi connectivity index (χ4n) is 12.9. The normalized spacial score (nSPS) is 34.5. The molecule has 54 heavy (non-hydrogen) atoms. The van der Waals surface area contributed by atoms with Crippen molar-refractivity contribution in [2.45, 2.75) is 128 Å². The molecule has 4 nitrogen and oxygen atoms in total. The molecule has 4 fully saturated rings. The molecule has 6 aliphatic rings. The lowest BCUT2D eigenvalue weighted by Crippen LogP contribution is -2.44. The summed E-state index contributed by atoms with van der Waals surface area (Å²) in [6.07, 6.45) is 14.8. The van der Waals surface area contributed by atoms with E-state index in [1.807, 2.05) is 12.1 Å². The van der Waals surface area contributed by atoms with Crippen molar-refractivity contribution in [2.75, 3.05) is 0 Å². The Morgan fingerprint density at radius 1 is 0.593 bits per heavy atom. The number of fused-ring (bicyclic) bond motifs is 10. The number of aliphatic hydroxyl groups is 1. The van der Waals surface area contributed by atoms with E-state index in [1.165, 1.54) is 85.6 Å². The van der Waals surface area contributed by atoms with Crippen LogP contribution in [0.15, 0.2) is 97.1 Å². The van der Waals surface area contributed by atoms with Crippen LogP contribution in [-0.4, -0.2) is 22.4 Å². The van der Waals surface area contributed by atoms with E-state index in [9.17, 15) is 10.2 Å². The lowest BCUT2D eigenvalue weighted by Gasteiger charge is -2.50. The molecule has 0 heterocycles. The fraction of sp³-hybridized carbons (Fsp3) is 0.520. The monoisotopic (exact) mass is 724 g/mol. The maximum Gasteiger partial charge on any atom is 0.120 e. The van der Waals surface area contributed by atoms with E-state index in [2.05, 4.69) is 98.8 Å². The number of aliphatic hydroxyl groups excluding tert-OH is 1. The first kappa shape index (κ1) is 36.1. The van der Waals surface area contributed by atoms with Gasteiger partial charge in [-0.3, -0.25) is 0 Å². The van der Waals surface area contributed by atoms with Gasteiger partial charge < -0.3 is 19.7 Å². The molecule has 4 aromatic carbocycles. The maximum absolute atomic E-state index is 10.4. The van der Waals surface area contributed by atoms with Gasteiger partial charge >= 0.3 is 0 Å². The van der Waals surface area contributed by atoms with Crippen LogP contribution < -0.4 is 4.74 Å². The highest BCUT2D eigenvalue weighted by molar-refractivity contribution is 5.42. The van der Waals surface area contributed by atoms with Crippen molar-refractivity contribution in [2.24, 2.45) is 34.5 Å². The van der Waals surface area contributed by atoms with Crippen LogP contribution in [0.4, 0.5) is 0 Å². The standard InChI is InChI=1S/C32H36O2.C18H24O2/c1-32-19-18-28-27-15-13-26(33-21-23-8-4-2-5-9-23)20-25(27)12-14-29(28)30(32)16-17-31(32)34-22-24-10-6-3-7-11-24;1-18-9-8-14-13-5-3-12(19)10-11(13)2-4-15(14)16(18)6-7-17(18)20/h2-11,13,15,20,28-31H,12,14,16-19,21-22H2,1H3;3,5,10,14-17,19-20H,2,4,6-9H2,1H3/t28?,29?,30?,31-,32-;14?,15?,16?,17-,18-/m00/s1.